The average Bonchev–Trinajstić information content (AvgIpc) is 2.60. The molecule has 1 N–H and O–H groups in total. The van der Waals surface area contributed by atoms with Crippen LogP contribution in [-0.4, -0.2) is 54.7 Å². The predicted octanol–water partition coefficient (Wildman–Crippen LogP) is 1.29. The predicted molar refractivity (Wildman–Crippen MR) is 103 cm³/mol. The van der Waals surface area contributed by atoms with Gasteiger partial charge in [0.1, 0.15) is 6.61 Å². The van der Waals surface area contributed by atoms with Gasteiger partial charge in [-0.2, -0.15) is 0 Å². The minimum absolute atomic E-state index is 0.405. The summed E-state index contributed by atoms with van der Waals surface area (Å²) in [5.74, 6) is -3.99. The first-order valence-corrected chi connectivity index (χ1v) is 9.02. The zero-order valence-electron chi connectivity index (χ0n) is 17.4. The number of esters is 4. The molecule has 0 unspecified atom stereocenters. The molecular formula is C20H25NO9. The largest absolute Gasteiger partial charge is 0.462 e. The number of carbonyl (C=O) groups is 5. The van der Waals surface area contributed by atoms with Crippen LogP contribution in [0, 0.1) is 6.92 Å². The molecule has 1 aromatic rings. The maximum atomic E-state index is 12.9. The lowest BCUT2D eigenvalue weighted by Crippen LogP contribution is -2.52. The van der Waals surface area contributed by atoms with E-state index in [0.717, 1.165) is 33.3 Å². The molecule has 0 aliphatic heterocycles. The zero-order chi connectivity index (χ0) is 22.8. The minimum Gasteiger partial charge on any atom is -0.462 e. The van der Waals surface area contributed by atoms with E-state index in [4.69, 9.17) is 18.9 Å². The summed E-state index contributed by atoms with van der Waals surface area (Å²) in [6.07, 6.45) is -4.66. The summed E-state index contributed by atoms with van der Waals surface area (Å²) in [5, 5.41) is 2.56. The molecule has 1 rings (SSSR count). The Morgan fingerprint density at radius 1 is 0.867 bits per heavy atom. The van der Waals surface area contributed by atoms with E-state index in [0.29, 0.717) is 5.69 Å². The van der Waals surface area contributed by atoms with Crippen LogP contribution in [0.2, 0.25) is 0 Å². The van der Waals surface area contributed by atoms with Crippen molar-refractivity contribution in [3.63, 3.8) is 0 Å². The minimum atomic E-state index is -1.69. The van der Waals surface area contributed by atoms with E-state index in [1.807, 2.05) is 13.0 Å². The summed E-state index contributed by atoms with van der Waals surface area (Å²) in [5.41, 5.74) is 1.27. The molecule has 0 saturated heterocycles. The molecule has 1 aromatic carbocycles. The molecule has 0 aliphatic carbocycles. The summed E-state index contributed by atoms with van der Waals surface area (Å²) in [4.78, 5) is 58.9. The topological polar surface area (TPSA) is 134 Å². The average molecular weight is 423 g/mol. The smallest absolute Gasteiger partial charge is 0.303 e. The highest BCUT2D eigenvalue weighted by molar-refractivity contribution is 5.96. The number of benzene rings is 1. The van der Waals surface area contributed by atoms with Crippen molar-refractivity contribution in [1.29, 1.82) is 0 Å². The Morgan fingerprint density at radius 3 is 1.97 bits per heavy atom. The van der Waals surface area contributed by atoms with Gasteiger partial charge in [0.25, 0.3) is 5.91 Å². The quantitative estimate of drug-likeness (QED) is 0.460. The molecule has 0 saturated carbocycles. The lowest BCUT2D eigenvalue weighted by molar-refractivity contribution is -0.190. The number of ether oxygens (including phenoxy) is 4. The fourth-order valence-corrected chi connectivity index (χ4v) is 2.52. The highest BCUT2D eigenvalue weighted by atomic mass is 16.6. The SMILES string of the molecule is CC(=O)OC[C@@H](OC(C)=O)[C@@H](OC(C)=O)[C@@H](OC(C)=O)C(=O)Nc1cccc(C)c1. The van der Waals surface area contributed by atoms with Crippen molar-refractivity contribution in [2.24, 2.45) is 0 Å². The van der Waals surface area contributed by atoms with Gasteiger partial charge < -0.3 is 24.3 Å². The number of carbonyl (C=O) groups excluding carboxylic acids is 5. The van der Waals surface area contributed by atoms with E-state index in [1.165, 1.54) is 0 Å². The number of rotatable bonds is 9. The molecule has 0 spiro atoms. The first-order chi connectivity index (χ1) is 14.0. The Kier molecular flexibility index (Phi) is 9.47. The van der Waals surface area contributed by atoms with Gasteiger partial charge in [0.15, 0.2) is 12.2 Å². The standard InChI is InChI=1S/C20H25NO9/c1-11-7-6-8-16(9-11)21-20(26)19(30-15(5)25)18(29-14(4)24)17(28-13(3)23)10-27-12(2)22/h6-9,17-19H,10H2,1-5H3,(H,21,26)/t17-,18-,19-/m1/s1. The van der Waals surface area contributed by atoms with Crippen molar-refractivity contribution < 1.29 is 42.9 Å². The molecule has 30 heavy (non-hydrogen) atoms. The normalized spacial score (nSPS) is 13.2. The second kappa shape index (κ2) is 11.5. The number of hydrogen-bond donors (Lipinski definition) is 1. The molecule has 3 atom stereocenters. The van der Waals surface area contributed by atoms with Gasteiger partial charge in [-0.25, -0.2) is 0 Å². The van der Waals surface area contributed by atoms with Crippen molar-refractivity contribution in [3.8, 4) is 0 Å². The molecule has 0 heterocycles. The fraction of sp³-hybridized carbons (Fsp3) is 0.450. The van der Waals surface area contributed by atoms with Crippen LogP contribution in [0.15, 0.2) is 24.3 Å². The van der Waals surface area contributed by atoms with Gasteiger partial charge in [-0.05, 0) is 24.6 Å². The van der Waals surface area contributed by atoms with Gasteiger partial charge in [-0.1, -0.05) is 12.1 Å². The Bertz CT molecular complexity index is 805. The van der Waals surface area contributed by atoms with E-state index in [2.05, 4.69) is 5.32 Å². The Balaban J connectivity index is 3.27. The zero-order valence-corrected chi connectivity index (χ0v) is 17.4. The molecule has 0 bridgehead atoms. The van der Waals surface area contributed by atoms with E-state index in [9.17, 15) is 24.0 Å². The molecule has 0 aliphatic rings. The van der Waals surface area contributed by atoms with Crippen LogP contribution < -0.4 is 5.32 Å². The molecule has 1 amide bonds. The Hall–Kier alpha value is -3.43. The maximum absolute atomic E-state index is 12.9. The molecular weight excluding hydrogens is 398 g/mol. The summed E-state index contributed by atoms with van der Waals surface area (Å²) in [6, 6.07) is 6.80. The van der Waals surface area contributed by atoms with Gasteiger partial charge >= 0.3 is 23.9 Å². The monoisotopic (exact) mass is 423 g/mol. The van der Waals surface area contributed by atoms with E-state index in [1.54, 1.807) is 18.2 Å². The fourth-order valence-electron chi connectivity index (χ4n) is 2.52. The first kappa shape index (κ1) is 24.6. The Morgan fingerprint density at radius 2 is 1.47 bits per heavy atom. The van der Waals surface area contributed by atoms with Crippen LogP contribution in [0.5, 0.6) is 0 Å². The number of amides is 1. The molecule has 0 aromatic heterocycles. The van der Waals surface area contributed by atoms with Gasteiger partial charge in [0.05, 0.1) is 0 Å². The van der Waals surface area contributed by atoms with Crippen LogP contribution in [0.25, 0.3) is 0 Å². The number of aryl methyl sites for hydroxylation is 1. The van der Waals surface area contributed by atoms with Gasteiger partial charge in [-0.15, -0.1) is 0 Å². The third-order valence-corrected chi connectivity index (χ3v) is 3.57. The summed E-state index contributed by atoms with van der Waals surface area (Å²) < 4.78 is 20.2. The second-order valence-corrected chi connectivity index (χ2v) is 6.41. The van der Waals surface area contributed by atoms with Crippen molar-refractivity contribution in [1.82, 2.24) is 0 Å². The lowest BCUT2D eigenvalue weighted by atomic mass is 10.1. The lowest BCUT2D eigenvalue weighted by Gasteiger charge is -2.30. The maximum Gasteiger partial charge on any atom is 0.303 e. The second-order valence-electron chi connectivity index (χ2n) is 6.41. The van der Waals surface area contributed by atoms with Crippen LogP contribution >= 0.6 is 0 Å². The third-order valence-electron chi connectivity index (χ3n) is 3.57. The van der Waals surface area contributed by atoms with Crippen LogP contribution in [0.3, 0.4) is 0 Å². The van der Waals surface area contributed by atoms with E-state index < -0.39 is 54.7 Å². The Labute approximate surface area is 173 Å². The summed E-state index contributed by atoms with van der Waals surface area (Å²) >= 11 is 0. The summed E-state index contributed by atoms with van der Waals surface area (Å²) in [7, 11) is 0. The van der Waals surface area contributed by atoms with Gasteiger partial charge in [0.2, 0.25) is 6.10 Å². The van der Waals surface area contributed by atoms with Crippen LogP contribution in [-0.2, 0) is 42.9 Å². The first-order valence-electron chi connectivity index (χ1n) is 9.02. The van der Waals surface area contributed by atoms with Crippen molar-refractivity contribution >= 4 is 35.5 Å². The summed E-state index contributed by atoms with van der Waals surface area (Å²) in [6.45, 7) is 5.62. The van der Waals surface area contributed by atoms with Crippen molar-refractivity contribution in [3.05, 3.63) is 29.8 Å². The van der Waals surface area contributed by atoms with Crippen LogP contribution in [0.1, 0.15) is 33.3 Å². The van der Waals surface area contributed by atoms with Crippen LogP contribution in [0.4, 0.5) is 5.69 Å². The van der Waals surface area contributed by atoms with E-state index >= 15 is 0 Å². The van der Waals surface area contributed by atoms with Gasteiger partial charge in [-0.3, -0.25) is 24.0 Å². The molecule has 10 heteroatoms. The van der Waals surface area contributed by atoms with Gasteiger partial charge in [0, 0.05) is 33.4 Å². The number of nitrogens with one attached hydrogen (secondary N) is 1. The molecule has 10 nitrogen and oxygen atoms in total. The third kappa shape index (κ3) is 8.72. The highest BCUT2D eigenvalue weighted by Crippen LogP contribution is 2.18. The molecule has 0 radical (unpaired) electrons. The van der Waals surface area contributed by atoms with E-state index in [-0.39, 0.29) is 0 Å². The molecule has 0 fully saturated rings. The molecule has 164 valence electrons. The van der Waals surface area contributed by atoms with Crippen molar-refractivity contribution in [2.75, 3.05) is 11.9 Å². The highest BCUT2D eigenvalue weighted by Gasteiger charge is 2.42. The van der Waals surface area contributed by atoms with Crippen molar-refractivity contribution in [2.45, 2.75) is 52.9 Å². The number of hydrogen-bond acceptors (Lipinski definition) is 9. The number of anilines is 1.